The third kappa shape index (κ3) is 3.26. The number of aromatic hydroxyl groups is 1. The van der Waals surface area contributed by atoms with Gasteiger partial charge in [-0.25, -0.2) is 13.8 Å². The second-order valence-electron chi connectivity index (χ2n) is 6.25. The van der Waals surface area contributed by atoms with Gasteiger partial charge in [-0.1, -0.05) is 0 Å². The summed E-state index contributed by atoms with van der Waals surface area (Å²) in [6, 6.07) is 6.16. The van der Waals surface area contributed by atoms with Crippen molar-refractivity contribution in [3.05, 3.63) is 65.6 Å². The van der Waals surface area contributed by atoms with Crippen LogP contribution in [0.25, 0.3) is 28.0 Å². The summed E-state index contributed by atoms with van der Waals surface area (Å²) in [6.45, 7) is 1.56. The SMILES string of the molecule is Cc1nn2c(O)cc(-c3ccc(C(F)(F)F)nc3)nc2c1-c1ccc(F)cc1F. The fraction of sp³-hybridized carbons (Fsp3) is 0.105. The van der Waals surface area contributed by atoms with E-state index < -0.39 is 23.5 Å². The summed E-state index contributed by atoms with van der Waals surface area (Å²) in [5.41, 5.74) is -0.127. The van der Waals surface area contributed by atoms with E-state index in [-0.39, 0.29) is 33.9 Å². The highest BCUT2D eigenvalue weighted by atomic mass is 19.4. The van der Waals surface area contributed by atoms with Crippen LogP contribution in [-0.2, 0) is 6.18 Å². The standard InChI is InChI=1S/C19H11F5N4O/c1-9-17(12-4-3-11(20)6-13(12)21)18-26-14(7-16(29)28(18)27-9)10-2-5-15(25-8-10)19(22,23)24/h2-8,29H,1H3. The minimum Gasteiger partial charge on any atom is -0.493 e. The topological polar surface area (TPSA) is 63.3 Å². The van der Waals surface area contributed by atoms with Crippen molar-refractivity contribution >= 4 is 5.65 Å². The summed E-state index contributed by atoms with van der Waals surface area (Å²) in [4.78, 5) is 7.69. The number of aromatic nitrogens is 4. The second-order valence-corrected chi connectivity index (χ2v) is 6.25. The maximum Gasteiger partial charge on any atom is 0.433 e. The molecular weight excluding hydrogens is 395 g/mol. The zero-order valence-electron chi connectivity index (χ0n) is 14.7. The van der Waals surface area contributed by atoms with Gasteiger partial charge in [0.25, 0.3) is 0 Å². The molecule has 0 saturated carbocycles. The van der Waals surface area contributed by atoms with E-state index in [1.807, 2.05) is 0 Å². The Morgan fingerprint density at radius 2 is 1.79 bits per heavy atom. The molecule has 3 aromatic heterocycles. The third-order valence-corrected chi connectivity index (χ3v) is 4.30. The average molecular weight is 406 g/mol. The van der Waals surface area contributed by atoms with Crippen molar-refractivity contribution in [1.82, 2.24) is 19.6 Å². The van der Waals surface area contributed by atoms with Crippen LogP contribution < -0.4 is 0 Å². The number of aryl methyl sites for hydroxylation is 1. The number of pyridine rings is 1. The maximum absolute atomic E-state index is 14.3. The normalized spacial score (nSPS) is 11.9. The van der Waals surface area contributed by atoms with Crippen LogP contribution in [0.4, 0.5) is 22.0 Å². The average Bonchev–Trinajstić information content (AvgIpc) is 2.98. The summed E-state index contributed by atoms with van der Waals surface area (Å²) in [6.07, 6.45) is -3.61. The molecule has 0 atom stereocenters. The summed E-state index contributed by atoms with van der Waals surface area (Å²) in [5, 5.41) is 14.4. The smallest absolute Gasteiger partial charge is 0.433 e. The lowest BCUT2D eigenvalue weighted by atomic mass is 10.1. The van der Waals surface area contributed by atoms with Crippen LogP contribution in [-0.4, -0.2) is 24.7 Å². The Labute approximate surface area is 160 Å². The van der Waals surface area contributed by atoms with Crippen molar-refractivity contribution in [1.29, 1.82) is 0 Å². The minimum atomic E-state index is -4.59. The van der Waals surface area contributed by atoms with Gasteiger partial charge in [0.1, 0.15) is 17.3 Å². The fourth-order valence-corrected chi connectivity index (χ4v) is 2.98. The fourth-order valence-electron chi connectivity index (χ4n) is 2.98. The first kappa shape index (κ1) is 18.8. The Kier molecular flexibility index (Phi) is 4.21. The highest BCUT2D eigenvalue weighted by molar-refractivity contribution is 5.82. The molecule has 3 heterocycles. The number of hydrogen-bond donors (Lipinski definition) is 1. The molecule has 0 aliphatic carbocycles. The van der Waals surface area contributed by atoms with Crippen LogP contribution >= 0.6 is 0 Å². The number of benzene rings is 1. The van der Waals surface area contributed by atoms with E-state index in [2.05, 4.69) is 15.1 Å². The van der Waals surface area contributed by atoms with Gasteiger partial charge in [0.2, 0.25) is 5.88 Å². The zero-order chi connectivity index (χ0) is 20.9. The molecule has 0 bridgehead atoms. The number of rotatable bonds is 2. The molecule has 0 fully saturated rings. The number of hydrogen-bond acceptors (Lipinski definition) is 4. The molecule has 0 amide bonds. The number of nitrogens with zero attached hydrogens (tertiary/aromatic N) is 4. The highest BCUT2D eigenvalue weighted by Crippen LogP contribution is 2.34. The Balaban J connectivity index is 1.90. The van der Waals surface area contributed by atoms with E-state index in [0.717, 1.165) is 28.9 Å². The Morgan fingerprint density at radius 3 is 2.41 bits per heavy atom. The lowest BCUT2D eigenvalue weighted by Crippen LogP contribution is -2.07. The van der Waals surface area contributed by atoms with Gasteiger partial charge in [-0.2, -0.15) is 22.8 Å². The van der Waals surface area contributed by atoms with Crippen molar-refractivity contribution in [3.63, 3.8) is 0 Å². The number of halogens is 5. The Morgan fingerprint density at radius 1 is 1.03 bits per heavy atom. The van der Waals surface area contributed by atoms with E-state index in [4.69, 9.17) is 0 Å². The molecule has 10 heteroatoms. The Bertz CT molecular complexity index is 1230. The molecule has 4 rings (SSSR count). The van der Waals surface area contributed by atoms with E-state index >= 15 is 0 Å². The van der Waals surface area contributed by atoms with Crippen LogP contribution in [0.15, 0.2) is 42.6 Å². The summed E-state index contributed by atoms with van der Waals surface area (Å²) < 4.78 is 66.8. The summed E-state index contributed by atoms with van der Waals surface area (Å²) >= 11 is 0. The summed E-state index contributed by atoms with van der Waals surface area (Å²) in [5.74, 6) is -1.96. The third-order valence-electron chi connectivity index (χ3n) is 4.30. The van der Waals surface area contributed by atoms with E-state index in [1.54, 1.807) is 6.92 Å². The molecule has 0 radical (unpaired) electrons. The van der Waals surface area contributed by atoms with Crippen LogP contribution in [0.3, 0.4) is 0 Å². The predicted molar refractivity (Wildman–Crippen MR) is 93.0 cm³/mol. The predicted octanol–water partition coefficient (Wildman–Crippen LogP) is 4.77. The monoisotopic (exact) mass is 406 g/mol. The first-order valence-electron chi connectivity index (χ1n) is 8.23. The molecule has 4 aromatic rings. The van der Waals surface area contributed by atoms with Gasteiger partial charge in [-0.15, -0.1) is 0 Å². The minimum absolute atomic E-state index is 0.0218. The number of fused-ring (bicyclic) bond motifs is 1. The molecule has 0 saturated heterocycles. The van der Waals surface area contributed by atoms with Crippen LogP contribution in [0.1, 0.15) is 11.4 Å². The van der Waals surface area contributed by atoms with E-state index in [1.165, 1.54) is 12.1 Å². The van der Waals surface area contributed by atoms with E-state index in [9.17, 15) is 27.1 Å². The van der Waals surface area contributed by atoms with Gasteiger partial charge >= 0.3 is 6.18 Å². The first-order chi connectivity index (χ1) is 13.6. The van der Waals surface area contributed by atoms with Crippen molar-refractivity contribution in [2.75, 3.05) is 0 Å². The van der Waals surface area contributed by atoms with Gasteiger partial charge in [0.05, 0.1) is 17.0 Å². The van der Waals surface area contributed by atoms with Crippen LogP contribution in [0.2, 0.25) is 0 Å². The lowest BCUT2D eigenvalue weighted by molar-refractivity contribution is -0.141. The first-order valence-corrected chi connectivity index (χ1v) is 8.23. The highest BCUT2D eigenvalue weighted by Gasteiger charge is 2.32. The van der Waals surface area contributed by atoms with Crippen molar-refractivity contribution < 1.29 is 27.1 Å². The van der Waals surface area contributed by atoms with Crippen molar-refractivity contribution in [3.8, 4) is 28.3 Å². The van der Waals surface area contributed by atoms with Gasteiger partial charge in [-0.3, -0.25) is 4.98 Å². The molecule has 1 aromatic carbocycles. The van der Waals surface area contributed by atoms with Crippen LogP contribution in [0.5, 0.6) is 5.88 Å². The number of alkyl halides is 3. The molecular formula is C19H11F5N4O. The maximum atomic E-state index is 14.3. The molecule has 1 N–H and O–H groups in total. The molecule has 0 unspecified atom stereocenters. The summed E-state index contributed by atoms with van der Waals surface area (Å²) in [7, 11) is 0. The lowest BCUT2D eigenvalue weighted by Gasteiger charge is -2.08. The van der Waals surface area contributed by atoms with Crippen molar-refractivity contribution in [2.24, 2.45) is 0 Å². The van der Waals surface area contributed by atoms with Gasteiger partial charge in [-0.05, 0) is 31.2 Å². The van der Waals surface area contributed by atoms with E-state index in [0.29, 0.717) is 11.8 Å². The Hall–Kier alpha value is -3.56. The van der Waals surface area contributed by atoms with Crippen molar-refractivity contribution in [2.45, 2.75) is 13.1 Å². The molecule has 0 aliphatic heterocycles. The molecule has 0 spiro atoms. The van der Waals surface area contributed by atoms with Crippen LogP contribution in [0, 0.1) is 18.6 Å². The largest absolute Gasteiger partial charge is 0.493 e. The molecule has 5 nitrogen and oxygen atoms in total. The molecule has 29 heavy (non-hydrogen) atoms. The van der Waals surface area contributed by atoms with Gasteiger partial charge in [0, 0.05) is 29.5 Å². The second kappa shape index (κ2) is 6.50. The van der Waals surface area contributed by atoms with Gasteiger partial charge in [0.15, 0.2) is 5.65 Å². The molecule has 148 valence electrons. The quantitative estimate of drug-likeness (QED) is 0.487. The van der Waals surface area contributed by atoms with Gasteiger partial charge < -0.3 is 5.11 Å². The molecule has 0 aliphatic rings. The zero-order valence-corrected chi connectivity index (χ0v) is 14.7.